The van der Waals surface area contributed by atoms with Crippen LogP contribution in [0.1, 0.15) is 40.0 Å². The Kier molecular flexibility index (Phi) is 3.04. The Labute approximate surface area is 128 Å². The van der Waals surface area contributed by atoms with Crippen molar-refractivity contribution < 1.29 is 13.9 Å². The summed E-state index contributed by atoms with van der Waals surface area (Å²) in [6, 6.07) is 4.45. The van der Waals surface area contributed by atoms with Gasteiger partial charge in [0.1, 0.15) is 11.6 Å². The van der Waals surface area contributed by atoms with Gasteiger partial charge in [-0.1, -0.05) is 11.3 Å². The molecular formula is C14H11N3O4S. The summed E-state index contributed by atoms with van der Waals surface area (Å²) in [7, 11) is 0. The molecule has 112 valence electrons. The Morgan fingerprint density at radius 1 is 1.50 bits per heavy atom. The maximum atomic E-state index is 12.0. The second-order valence-corrected chi connectivity index (χ2v) is 6.04. The van der Waals surface area contributed by atoms with Crippen LogP contribution in [0.5, 0.6) is 0 Å². The highest BCUT2D eigenvalue weighted by Crippen LogP contribution is 2.41. The van der Waals surface area contributed by atoms with Crippen molar-refractivity contribution >= 4 is 22.3 Å². The third-order valence-corrected chi connectivity index (χ3v) is 4.38. The van der Waals surface area contributed by atoms with E-state index in [0.717, 1.165) is 17.8 Å². The van der Waals surface area contributed by atoms with Gasteiger partial charge < -0.3 is 9.15 Å². The molecule has 0 radical (unpaired) electrons. The molecule has 7 nitrogen and oxygen atoms in total. The van der Waals surface area contributed by atoms with E-state index in [2.05, 4.69) is 10.1 Å². The number of carbonyl (C=O) groups is 1. The molecule has 0 unspecified atom stereocenters. The molecule has 8 heteroatoms. The summed E-state index contributed by atoms with van der Waals surface area (Å²) in [4.78, 5) is 28.6. The summed E-state index contributed by atoms with van der Waals surface area (Å²) < 4.78 is 11.3. The Balaban J connectivity index is 1.56. The Morgan fingerprint density at radius 3 is 3.09 bits per heavy atom. The summed E-state index contributed by atoms with van der Waals surface area (Å²) in [6.07, 6.45) is 3.62. The van der Waals surface area contributed by atoms with Gasteiger partial charge in [-0.2, -0.15) is 9.61 Å². The fourth-order valence-corrected chi connectivity index (χ4v) is 3.14. The van der Waals surface area contributed by atoms with Crippen molar-refractivity contribution in [2.45, 2.75) is 25.4 Å². The van der Waals surface area contributed by atoms with Crippen LogP contribution in [0, 0.1) is 0 Å². The summed E-state index contributed by atoms with van der Waals surface area (Å²) in [6.45, 7) is -0.0814. The highest BCUT2D eigenvalue weighted by Gasteiger charge is 2.28. The number of nitrogens with zero attached hydrogens (tertiary/aromatic N) is 3. The molecule has 0 saturated heterocycles. The maximum Gasteiger partial charge on any atom is 0.374 e. The topological polar surface area (TPSA) is 86.7 Å². The maximum absolute atomic E-state index is 12.0. The Morgan fingerprint density at radius 2 is 2.36 bits per heavy atom. The van der Waals surface area contributed by atoms with Gasteiger partial charge in [-0.05, 0) is 25.0 Å². The minimum absolute atomic E-state index is 0.0814. The van der Waals surface area contributed by atoms with Gasteiger partial charge >= 0.3 is 5.97 Å². The highest BCUT2D eigenvalue weighted by atomic mass is 32.1. The molecule has 0 aromatic carbocycles. The molecule has 3 aromatic rings. The second kappa shape index (κ2) is 5.06. The lowest BCUT2D eigenvalue weighted by Crippen LogP contribution is -2.16. The van der Waals surface area contributed by atoms with Gasteiger partial charge in [0, 0.05) is 12.0 Å². The molecule has 1 aliphatic carbocycles. The van der Waals surface area contributed by atoms with Gasteiger partial charge in [0.25, 0.3) is 5.56 Å². The van der Waals surface area contributed by atoms with Crippen molar-refractivity contribution in [3.63, 3.8) is 0 Å². The first-order valence-electron chi connectivity index (χ1n) is 6.81. The van der Waals surface area contributed by atoms with Crippen molar-refractivity contribution in [1.82, 2.24) is 14.6 Å². The van der Waals surface area contributed by atoms with Crippen LogP contribution in [-0.4, -0.2) is 20.6 Å². The van der Waals surface area contributed by atoms with Crippen LogP contribution in [0.4, 0.5) is 0 Å². The largest absolute Gasteiger partial charge is 0.457 e. The van der Waals surface area contributed by atoms with Gasteiger partial charge in [0.15, 0.2) is 0 Å². The second-order valence-electron chi connectivity index (χ2n) is 5.05. The number of carbonyl (C=O) groups excluding carboxylic acids is 1. The fraction of sp³-hybridized carbons (Fsp3) is 0.286. The zero-order chi connectivity index (χ0) is 15.1. The molecule has 3 heterocycles. The van der Waals surface area contributed by atoms with Crippen molar-refractivity contribution in [3.05, 3.63) is 51.3 Å². The number of esters is 1. The Bertz CT molecular complexity index is 893. The minimum Gasteiger partial charge on any atom is -0.457 e. The lowest BCUT2D eigenvalue weighted by Gasteiger charge is -2.02. The molecular weight excluding hydrogens is 306 g/mol. The predicted octanol–water partition coefficient (Wildman–Crippen LogP) is 1.98. The number of hydrogen-bond acceptors (Lipinski definition) is 7. The standard InChI is InChI=1S/C14H11N3O4S/c18-11-6-9(7-21-13(19)10-2-1-5-20-10)15-14-17(11)16-12(22-14)8-3-4-8/h1-2,5-6,8H,3-4,7H2. The summed E-state index contributed by atoms with van der Waals surface area (Å²) in [5.74, 6) is -0.00656. The normalized spacial score (nSPS) is 14.4. The average Bonchev–Trinajstić information content (AvgIpc) is 3.04. The molecule has 1 saturated carbocycles. The predicted molar refractivity (Wildman–Crippen MR) is 76.9 cm³/mol. The quantitative estimate of drug-likeness (QED) is 0.684. The lowest BCUT2D eigenvalue weighted by molar-refractivity contribution is 0.0431. The van der Waals surface area contributed by atoms with Crippen molar-refractivity contribution in [1.29, 1.82) is 0 Å². The minimum atomic E-state index is -0.588. The van der Waals surface area contributed by atoms with E-state index in [4.69, 9.17) is 9.15 Å². The molecule has 3 aromatic heterocycles. The van der Waals surface area contributed by atoms with E-state index in [1.54, 1.807) is 6.07 Å². The Hall–Kier alpha value is -2.48. The van der Waals surface area contributed by atoms with Crippen LogP contribution in [-0.2, 0) is 11.3 Å². The summed E-state index contributed by atoms with van der Waals surface area (Å²) in [5, 5.41) is 5.23. The van der Waals surface area contributed by atoms with Crippen LogP contribution in [0.15, 0.2) is 33.7 Å². The number of rotatable bonds is 4. The van der Waals surface area contributed by atoms with Gasteiger partial charge in [0.2, 0.25) is 10.7 Å². The molecule has 1 aliphatic rings. The molecule has 0 amide bonds. The third kappa shape index (κ3) is 2.41. The first kappa shape index (κ1) is 13.2. The van der Waals surface area contributed by atoms with Crippen molar-refractivity contribution in [2.75, 3.05) is 0 Å². The fourth-order valence-electron chi connectivity index (χ4n) is 2.05. The SMILES string of the molecule is O=C(OCc1cc(=O)n2nc(C3CC3)sc2n1)c1ccco1. The van der Waals surface area contributed by atoms with Gasteiger partial charge in [-0.3, -0.25) is 4.79 Å². The molecule has 0 aliphatic heterocycles. The number of furan rings is 1. The monoisotopic (exact) mass is 317 g/mol. The lowest BCUT2D eigenvalue weighted by atomic mass is 10.4. The molecule has 22 heavy (non-hydrogen) atoms. The smallest absolute Gasteiger partial charge is 0.374 e. The van der Waals surface area contributed by atoms with E-state index >= 15 is 0 Å². The number of hydrogen-bond donors (Lipinski definition) is 0. The van der Waals surface area contributed by atoms with Crippen LogP contribution >= 0.6 is 11.3 Å². The summed E-state index contributed by atoms with van der Waals surface area (Å²) >= 11 is 1.41. The molecule has 0 N–H and O–H groups in total. The summed E-state index contributed by atoms with van der Waals surface area (Å²) in [5.41, 5.74) is 0.133. The van der Waals surface area contributed by atoms with Gasteiger partial charge in [-0.25, -0.2) is 9.78 Å². The van der Waals surface area contributed by atoms with Crippen molar-refractivity contribution in [2.24, 2.45) is 0 Å². The molecule has 1 fully saturated rings. The number of aromatic nitrogens is 3. The van der Waals surface area contributed by atoms with E-state index in [1.807, 2.05) is 0 Å². The molecule has 0 bridgehead atoms. The molecule has 4 rings (SSSR count). The van der Waals surface area contributed by atoms with Crippen LogP contribution in [0.25, 0.3) is 4.96 Å². The van der Waals surface area contributed by atoms with E-state index < -0.39 is 5.97 Å². The first-order chi connectivity index (χ1) is 10.7. The van der Waals surface area contributed by atoms with Crippen LogP contribution in [0.2, 0.25) is 0 Å². The molecule has 0 spiro atoms. The van der Waals surface area contributed by atoms with Crippen LogP contribution in [0.3, 0.4) is 0 Å². The van der Waals surface area contributed by atoms with Crippen molar-refractivity contribution in [3.8, 4) is 0 Å². The zero-order valence-corrected chi connectivity index (χ0v) is 12.2. The van der Waals surface area contributed by atoms with Gasteiger partial charge in [-0.15, -0.1) is 0 Å². The third-order valence-electron chi connectivity index (χ3n) is 3.31. The van der Waals surface area contributed by atoms with E-state index in [0.29, 0.717) is 16.6 Å². The molecule has 0 atom stereocenters. The number of fused-ring (bicyclic) bond motifs is 1. The average molecular weight is 317 g/mol. The van der Waals surface area contributed by atoms with Gasteiger partial charge in [0.05, 0.1) is 12.0 Å². The number of ether oxygens (including phenoxy) is 1. The van der Waals surface area contributed by atoms with E-state index in [1.165, 1.54) is 34.2 Å². The first-order valence-corrected chi connectivity index (χ1v) is 7.63. The van der Waals surface area contributed by atoms with E-state index in [-0.39, 0.29) is 17.9 Å². The zero-order valence-electron chi connectivity index (χ0n) is 11.4. The highest BCUT2D eigenvalue weighted by molar-refractivity contribution is 7.16. The van der Waals surface area contributed by atoms with Crippen LogP contribution < -0.4 is 5.56 Å². The van der Waals surface area contributed by atoms with E-state index in [9.17, 15) is 9.59 Å².